The van der Waals surface area contributed by atoms with Crippen molar-refractivity contribution in [1.82, 2.24) is 15.5 Å². The van der Waals surface area contributed by atoms with Crippen molar-refractivity contribution in [2.24, 2.45) is 22.3 Å². The first kappa shape index (κ1) is 34.6. The summed E-state index contributed by atoms with van der Waals surface area (Å²) in [6, 6.07) is 19.5. The molecule has 8 N–H and O–H groups in total. The minimum atomic E-state index is -1.06. The smallest absolute Gasteiger partial charge is 0.312 e. The van der Waals surface area contributed by atoms with Gasteiger partial charge in [0.1, 0.15) is 22.6 Å². The van der Waals surface area contributed by atoms with Crippen molar-refractivity contribution in [3.8, 4) is 11.5 Å². The number of nitrogens with one attached hydrogen (secondary N) is 2. The molecule has 0 aliphatic heterocycles. The normalized spacial score (nSPS) is 11.8. The van der Waals surface area contributed by atoms with Gasteiger partial charge in [-0.3, -0.25) is 9.59 Å². The number of hydrogen-bond acceptors (Lipinski definition) is 7. The van der Waals surface area contributed by atoms with Crippen LogP contribution >= 0.6 is 0 Å². The molecule has 0 saturated heterocycles. The molecular weight excluding hydrogens is 596 g/mol. The quantitative estimate of drug-likeness (QED) is 0.0507. The Kier molecular flexibility index (Phi) is 12.7. The molecule has 1 atom stereocenters. The molecule has 46 heavy (non-hydrogen) atoms. The maximum absolute atomic E-state index is 14.7. The standard InChI is InChI=1S/C31H38N8O7/c1-45-24-13-9-22(10-14-24)27(23-11-15-25(46-2)16-12-23)29(41)38(19-21-7-5-20(6-8-21)18-36-31(34)42)26(28(32)40)4-3-17-35-30(33)37-39(43)44/h5-16,26-27H,3-4,17-19H2,1-2H3,(H2,32,40)(H3,33,35,37)(H3,34,36,42)/t26-/m1/s1. The van der Waals surface area contributed by atoms with Gasteiger partial charge in [0, 0.05) is 19.6 Å². The Morgan fingerprint density at radius 3 is 1.83 bits per heavy atom. The molecule has 244 valence electrons. The molecule has 3 aromatic rings. The Labute approximate surface area is 265 Å². The van der Waals surface area contributed by atoms with Crippen molar-refractivity contribution in [3.05, 3.63) is 105 Å². The van der Waals surface area contributed by atoms with E-state index >= 15 is 0 Å². The summed E-state index contributed by atoms with van der Waals surface area (Å²) in [6.07, 6.45) is 0.400. The van der Waals surface area contributed by atoms with Crippen LogP contribution in [0.5, 0.6) is 11.5 Å². The molecule has 0 fully saturated rings. The summed E-state index contributed by atoms with van der Waals surface area (Å²) in [5.74, 6) is -1.13. The molecule has 0 bridgehead atoms. The maximum atomic E-state index is 14.7. The van der Waals surface area contributed by atoms with Gasteiger partial charge in [-0.05, 0) is 59.4 Å². The number of nitro groups is 1. The largest absolute Gasteiger partial charge is 0.497 e. The highest BCUT2D eigenvalue weighted by Gasteiger charge is 2.34. The topological polar surface area (TPSA) is 231 Å². The molecule has 0 spiro atoms. The first-order valence-electron chi connectivity index (χ1n) is 14.2. The van der Waals surface area contributed by atoms with E-state index in [9.17, 15) is 24.5 Å². The summed E-state index contributed by atoms with van der Waals surface area (Å²) in [7, 11) is 3.09. The lowest BCUT2D eigenvalue weighted by atomic mass is 9.88. The molecule has 15 heteroatoms. The number of nitrogens with two attached hydrogens (primary N) is 3. The number of rotatable bonds is 16. The Morgan fingerprint density at radius 1 is 0.848 bits per heavy atom. The Balaban J connectivity index is 2.01. The van der Waals surface area contributed by atoms with Gasteiger partial charge in [0.2, 0.25) is 11.8 Å². The highest BCUT2D eigenvalue weighted by Crippen LogP contribution is 2.31. The number of hydrazone groups is 1. The van der Waals surface area contributed by atoms with Crippen LogP contribution in [0.4, 0.5) is 4.79 Å². The van der Waals surface area contributed by atoms with Crippen LogP contribution in [0.25, 0.3) is 0 Å². The molecule has 0 aliphatic rings. The van der Waals surface area contributed by atoms with Crippen molar-refractivity contribution in [1.29, 1.82) is 0 Å². The van der Waals surface area contributed by atoms with Gasteiger partial charge in [0.15, 0.2) is 5.03 Å². The summed E-state index contributed by atoms with van der Waals surface area (Å²) < 4.78 is 10.6. The van der Waals surface area contributed by atoms with E-state index in [0.717, 1.165) is 5.56 Å². The first-order chi connectivity index (χ1) is 22.0. The number of urea groups is 1. The number of carbonyl (C=O) groups excluding carboxylic acids is 3. The average Bonchev–Trinajstić information content (AvgIpc) is 3.03. The van der Waals surface area contributed by atoms with Gasteiger partial charge >= 0.3 is 6.03 Å². The Morgan fingerprint density at radius 2 is 1.37 bits per heavy atom. The summed E-state index contributed by atoms with van der Waals surface area (Å²) in [4.78, 5) is 50.8. The van der Waals surface area contributed by atoms with E-state index in [0.29, 0.717) is 28.2 Å². The number of nitrogens with zero attached hydrogens (tertiary/aromatic N) is 3. The van der Waals surface area contributed by atoms with Crippen LogP contribution < -0.4 is 37.3 Å². The second-order valence-corrected chi connectivity index (χ2v) is 10.2. The lowest BCUT2D eigenvalue weighted by Crippen LogP contribution is -2.49. The van der Waals surface area contributed by atoms with Crippen LogP contribution in [0.3, 0.4) is 0 Å². The van der Waals surface area contributed by atoms with Crippen molar-refractivity contribution in [3.63, 3.8) is 0 Å². The molecule has 4 amide bonds. The fraction of sp³-hybridized carbons (Fsp3) is 0.290. The van der Waals surface area contributed by atoms with Crippen molar-refractivity contribution < 1.29 is 28.9 Å². The fourth-order valence-corrected chi connectivity index (χ4v) is 4.81. The molecule has 0 saturated carbocycles. The maximum Gasteiger partial charge on any atom is 0.312 e. The molecular formula is C31H38N8O7. The molecule has 0 aliphatic carbocycles. The minimum Gasteiger partial charge on any atom is -0.497 e. The Hall–Kier alpha value is -5.86. The monoisotopic (exact) mass is 634 g/mol. The third kappa shape index (κ3) is 10.1. The van der Waals surface area contributed by atoms with Gasteiger partial charge in [0.05, 0.1) is 20.1 Å². The number of benzene rings is 3. The molecule has 3 rings (SSSR count). The van der Waals surface area contributed by atoms with Gasteiger partial charge in [0.25, 0.3) is 5.96 Å². The van der Waals surface area contributed by atoms with E-state index in [4.69, 9.17) is 26.7 Å². The predicted molar refractivity (Wildman–Crippen MR) is 170 cm³/mol. The predicted octanol–water partition coefficient (Wildman–Crippen LogP) is 1.76. The number of amides is 4. The van der Waals surface area contributed by atoms with E-state index in [2.05, 4.69) is 15.7 Å². The van der Waals surface area contributed by atoms with Crippen LogP contribution in [-0.2, 0) is 22.7 Å². The highest BCUT2D eigenvalue weighted by atomic mass is 16.7. The SMILES string of the molecule is COc1ccc(C(C(=O)N(Cc2ccc(CNC(N)=O)cc2)[C@H](CCCNC(N)=N[N+](=O)[O-])C(N)=O)c2ccc(OC)cc2)cc1. The van der Waals surface area contributed by atoms with Crippen LogP contribution in [0.15, 0.2) is 77.9 Å². The van der Waals surface area contributed by atoms with Gasteiger partial charge in [-0.2, -0.15) is 0 Å². The average molecular weight is 635 g/mol. The number of hydrogen-bond donors (Lipinski definition) is 5. The molecule has 15 nitrogen and oxygen atoms in total. The molecule has 0 radical (unpaired) electrons. The summed E-state index contributed by atoms with van der Waals surface area (Å²) in [5.41, 5.74) is 19.4. The van der Waals surface area contributed by atoms with Crippen molar-refractivity contribution in [2.75, 3.05) is 20.8 Å². The van der Waals surface area contributed by atoms with E-state index in [1.165, 1.54) is 4.90 Å². The summed E-state index contributed by atoms with van der Waals surface area (Å²) in [5, 5.41) is 17.8. The second kappa shape index (κ2) is 16.8. The lowest BCUT2D eigenvalue weighted by Gasteiger charge is -2.33. The van der Waals surface area contributed by atoms with E-state index in [1.54, 1.807) is 87.0 Å². The zero-order chi connectivity index (χ0) is 33.6. The van der Waals surface area contributed by atoms with E-state index in [1.807, 2.05) is 0 Å². The minimum absolute atomic E-state index is 0.0249. The van der Waals surface area contributed by atoms with Crippen molar-refractivity contribution in [2.45, 2.75) is 37.9 Å². The highest BCUT2D eigenvalue weighted by molar-refractivity contribution is 5.92. The molecule has 0 aromatic heterocycles. The van der Waals surface area contributed by atoms with Gasteiger partial charge < -0.3 is 42.2 Å². The van der Waals surface area contributed by atoms with Crippen LogP contribution in [0.2, 0.25) is 0 Å². The zero-order valence-corrected chi connectivity index (χ0v) is 25.5. The molecule has 3 aromatic carbocycles. The van der Waals surface area contributed by atoms with Crippen LogP contribution in [0, 0.1) is 10.1 Å². The van der Waals surface area contributed by atoms with Crippen LogP contribution in [-0.4, -0.2) is 60.5 Å². The number of methoxy groups -OCH3 is 2. The molecule has 0 unspecified atom stereocenters. The Bertz CT molecular complexity index is 1470. The van der Waals surface area contributed by atoms with Gasteiger partial charge in [-0.1, -0.05) is 48.5 Å². The van der Waals surface area contributed by atoms with Gasteiger partial charge in [-0.25, -0.2) is 14.9 Å². The number of carbonyl (C=O) groups is 3. The number of ether oxygens (including phenoxy) is 2. The number of guanidine groups is 1. The lowest BCUT2D eigenvalue weighted by molar-refractivity contribution is -0.485. The second-order valence-electron chi connectivity index (χ2n) is 10.2. The summed E-state index contributed by atoms with van der Waals surface area (Å²) >= 11 is 0. The van der Waals surface area contributed by atoms with Gasteiger partial charge in [-0.15, -0.1) is 0 Å². The third-order valence-corrected chi connectivity index (χ3v) is 7.13. The van der Waals surface area contributed by atoms with E-state index in [-0.39, 0.29) is 38.4 Å². The van der Waals surface area contributed by atoms with Crippen molar-refractivity contribution >= 4 is 23.8 Å². The molecule has 0 heterocycles. The summed E-state index contributed by atoms with van der Waals surface area (Å²) in [6.45, 7) is 0.378. The third-order valence-electron chi connectivity index (χ3n) is 7.13. The fourth-order valence-electron chi connectivity index (χ4n) is 4.81. The first-order valence-corrected chi connectivity index (χ1v) is 14.2. The number of primary amides is 2. The zero-order valence-electron chi connectivity index (χ0n) is 25.5. The van der Waals surface area contributed by atoms with E-state index < -0.39 is 34.9 Å². The van der Waals surface area contributed by atoms with Crippen LogP contribution in [0.1, 0.15) is 41.0 Å².